The van der Waals surface area contributed by atoms with Gasteiger partial charge in [-0.2, -0.15) is 0 Å². The van der Waals surface area contributed by atoms with Gasteiger partial charge in [-0.05, 0) is 56.4 Å². The standard InChI is InChI=1S/C25H51N/c1-13-14-15-17-24(8,9)19-21(23(5,6)7)16-18-26(12)25(10,11)20-22(2,3)4/h16H,13-15,17-20H2,1-12H3. The molecule has 156 valence electrons. The van der Waals surface area contributed by atoms with Gasteiger partial charge in [0.15, 0.2) is 0 Å². The minimum atomic E-state index is 0.217. The van der Waals surface area contributed by atoms with E-state index in [4.69, 9.17) is 0 Å². The van der Waals surface area contributed by atoms with Crippen LogP contribution in [0.15, 0.2) is 11.6 Å². The summed E-state index contributed by atoms with van der Waals surface area (Å²) in [5, 5.41) is 0. The van der Waals surface area contributed by atoms with Gasteiger partial charge < -0.3 is 0 Å². The van der Waals surface area contributed by atoms with Gasteiger partial charge in [0, 0.05) is 12.1 Å². The molecule has 0 N–H and O–H groups in total. The number of unbranched alkanes of at least 4 members (excludes halogenated alkanes) is 2. The fraction of sp³-hybridized carbons (Fsp3) is 0.920. The molecule has 26 heavy (non-hydrogen) atoms. The van der Waals surface area contributed by atoms with E-state index in [1.807, 2.05) is 0 Å². The first kappa shape index (κ1) is 25.7. The molecular weight excluding hydrogens is 314 g/mol. The van der Waals surface area contributed by atoms with Crippen LogP contribution >= 0.6 is 0 Å². The van der Waals surface area contributed by atoms with E-state index in [-0.39, 0.29) is 11.0 Å². The Labute approximate surface area is 167 Å². The van der Waals surface area contributed by atoms with Gasteiger partial charge in [0.25, 0.3) is 0 Å². The zero-order chi connectivity index (χ0) is 20.8. The van der Waals surface area contributed by atoms with Gasteiger partial charge in [-0.15, -0.1) is 0 Å². The third-order valence-electron chi connectivity index (χ3n) is 5.70. The fourth-order valence-electron chi connectivity index (χ4n) is 4.03. The Morgan fingerprint density at radius 2 is 1.38 bits per heavy atom. The van der Waals surface area contributed by atoms with E-state index < -0.39 is 0 Å². The summed E-state index contributed by atoms with van der Waals surface area (Å²) in [4.78, 5) is 2.54. The Balaban J connectivity index is 5.15. The van der Waals surface area contributed by atoms with Crippen molar-refractivity contribution in [2.24, 2.45) is 16.2 Å². The SMILES string of the molecule is CCCCCC(C)(C)CC(=CCN(C)C(C)(C)CC(C)(C)C)C(C)(C)C. The van der Waals surface area contributed by atoms with Crippen molar-refractivity contribution < 1.29 is 0 Å². The zero-order valence-electron chi connectivity index (χ0n) is 20.5. The lowest BCUT2D eigenvalue weighted by Gasteiger charge is -2.40. The van der Waals surface area contributed by atoms with E-state index in [0.717, 1.165) is 6.54 Å². The Kier molecular flexibility index (Phi) is 9.65. The predicted molar refractivity (Wildman–Crippen MR) is 121 cm³/mol. The third kappa shape index (κ3) is 10.8. The molecular formula is C25H51N. The first-order valence-corrected chi connectivity index (χ1v) is 10.9. The molecule has 0 aromatic heterocycles. The molecule has 1 heteroatoms. The van der Waals surface area contributed by atoms with Gasteiger partial charge in [0.05, 0.1) is 0 Å². The first-order chi connectivity index (χ1) is 11.5. The molecule has 0 saturated carbocycles. The van der Waals surface area contributed by atoms with Crippen LogP contribution in [0.3, 0.4) is 0 Å². The maximum Gasteiger partial charge on any atom is 0.0168 e. The van der Waals surface area contributed by atoms with Crippen LogP contribution in [0.5, 0.6) is 0 Å². The Bertz CT molecular complexity index is 426. The minimum absolute atomic E-state index is 0.217. The number of rotatable bonds is 10. The molecule has 0 saturated heterocycles. The number of allylic oxidation sites excluding steroid dienone is 1. The number of hydrogen-bond acceptors (Lipinski definition) is 1. The van der Waals surface area contributed by atoms with Crippen LogP contribution < -0.4 is 0 Å². The second-order valence-electron chi connectivity index (χ2n) is 12.2. The monoisotopic (exact) mass is 365 g/mol. The van der Waals surface area contributed by atoms with Crippen molar-refractivity contribution >= 4 is 0 Å². The maximum atomic E-state index is 2.54. The van der Waals surface area contributed by atoms with Crippen molar-refractivity contribution in [1.82, 2.24) is 4.90 Å². The molecule has 0 heterocycles. The summed E-state index contributed by atoms with van der Waals surface area (Å²) < 4.78 is 0. The topological polar surface area (TPSA) is 3.24 Å². The molecule has 0 atom stereocenters. The highest BCUT2D eigenvalue weighted by molar-refractivity contribution is 5.14. The fourth-order valence-corrected chi connectivity index (χ4v) is 4.03. The van der Waals surface area contributed by atoms with Crippen molar-refractivity contribution in [3.05, 3.63) is 11.6 Å². The third-order valence-corrected chi connectivity index (χ3v) is 5.70. The second kappa shape index (κ2) is 9.76. The van der Waals surface area contributed by atoms with E-state index >= 15 is 0 Å². The smallest absolute Gasteiger partial charge is 0.0168 e. The van der Waals surface area contributed by atoms with E-state index in [1.165, 1.54) is 38.5 Å². The summed E-state index contributed by atoms with van der Waals surface area (Å²) in [5.41, 5.74) is 2.84. The zero-order valence-corrected chi connectivity index (χ0v) is 20.5. The molecule has 0 bridgehead atoms. The quantitative estimate of drug-likeness (QED) is 0.279. The number of nitrogens with zero attached hydrogens (tertiary/aromatic N) is 1. The molecule has 0 amide bonds. The molecule has 0 spiro atoms. The van der Waals surface area contributed by atoms with Crippen molar-refractivity contribution in [2.45, 2.75) is 120 Å². The number of hydrogen-bond donors (Lipinski definition) is 0. The van der Waals surface area contributed by atoms with Crippen molar-refractivity contribution in [3.63, 3.8) is 0 Å². The Hall–Kier alpha value is -0.300. The van der Waals surface area contributed by atoms with Crippen molar-refractivity contribution in [2.75, 3.05) is 13.6 Å². The summed E-state index contributed by atoms with van der Waals surface area (Å²) in [6.45, 7) is 27.2. The molecule has 0 aromatic carbocycles. The largest absolute Gasteiger partial charge is 0.298 e. The molecule has 0 aromatic rings. The Morgan fingerprint density at radius 3 is 1.81 bits per heavy atom. The minimum Gasteiger partial charge on any atom is -0.298 e. The summed E-state index contributed by atoms with van der Waals surface area (Å²) in [6.07, 6.45) is 10.3. The lowest BCUT2D eigenvalue weighted by atomic mass is 9.73. The molecule has 1 nitrogen and oxygen atoms in total. The van der Waals surface area contributed by atoms with E-state index in [1.54, 1.807) is 5.57 Å². The lowest BCUT2D eigenvalue weighted by molar-refractivity contribution is 0.115. The van der Waals surface area contributed by atoms with Crippen LogP contribution in [0.25, 0.3) is 0 Å². The highest BCUT2D eigenvalue weighted by Crippen LogP contribution is 2.39. The first-order valence-electron chi connectivity index (χ1n) is 10.9. The predicted octanol–water partition coefficient (Wildman–Crippen LogP) is 8.10. The highest BCUT2D eigenvalue weighted by atomic mass is 15.2. The summed E-state index contributed by atoms with van der Waals surface area (Å²) in [7, 11) is 2.29. The normalized spacial score (nSPS) is 15.0. The van der Waals surface area contributed by atoms with Gasteiger partial charge in [-0.3, -0.25) is 4.90 Å². The highest BCUT2D eigenvalue weighted by Gasteiger charge is 2.30. The number of likely N-dealkylation sites (N-methyl/N-ethyl adjacent to an activating group) is 1. The van der Waals surface area contributed by atoms with E-state index in [9.17, 15) is 0 Å². The molecule has 0 fully saturated rings. The van der Waals surface area contributed by atoms with Crippen LogP contribution in [0.1, 0.15) is 115 Å². The maximum absolute atomic E-state index is 2.54. The molecule has 0 radical (unpaired) electrons. The summed E-state index contributed by atoms with van der Waals surface area (Å²) >= 11 is 0. The van der Waals surface area contributed by atoms with Gasteiger partial charge in [-0.25, -0.2) is 0 Å². The van der Waals surface area contributed by atoms with Crippen LogP contribution in [0, 0.1) is 16.2 Å². The van der Waals surface area contributed by atoms with Gasteiger partial charge in [0.2, 0.25) is 0 Å². The van der Waals surface area contributed by atoms with Crippen LogP contribution in [-0.2, 0) is 0 Å². The molecule has 0 unspecified atom stereocenters. The molecule has 0 rings (SSSR count). The second-order valence-corrected chi connectivity index (χ2v) is 12.2. The van der Waals surface area contributed by atoms with Gasteiger partial charge in [-0.1, -0.05) is 93.2 Å². The summed E-state index contributed by atoms with van der Waals surface area (Å²) in [5.74, 6) is 0. The summed E-state index contributed by atoms with van der Waals surface area (Å²) in [6, 6.07) is 0. The van der Waals surface area contributed by atoms with Crippen LogP contribution in [0.2, 0.25) is 0 Å². The van der Waals surface area contributed by atoms with Crippen LogP contribution in [0.4, 0.5) is 0 Å². The van der Waals surface area contributed by atoms with Gasteiger partial charge in [0.1, 0.15) is 0 Å². The van der Waals surface area contributed by atoms with Gasteiger partial charge >= 0.3 is 0 Å². The average molecular weight is 366 g/mol. The van der Waals surface area contributed by atoms with Crippen molar-refractivity contribution in [1.29, 1.82) is 0 Å². The van der Waals surface area contributed by atoms with Crippen LogP contribution in [-0.4, -0.2) is 24.0 Å². The van der Waals surface area contributed by atoms with Crippen molar-refractivity contribution in [3.8, 4) is 0 Å². The molecule has 0 aliphatic carbocycles. The van der Waals surface area contributed by atoms with E-state index in [0.29, 0.717) is 10.8 Å². The van der Waals surface area contributed by atoms with E-state index in [2.05, 4.69) is 94.2 Å². The average Bonchev–Trinajstić information content (AvgIpc) is 2.39. The molecule has 0 aliphatic rings. The molecule has 0 aliphatic heterocycles. The lowest BCUT2D eigenvalue weighted by Crippen LogP contribution is -2.44. The Morgan fingerprint density at radius 1 is 0.846 bits per heavy atom.